The summed E-state index contributed by atoms with van der Waals surface area (Å²) in [7, 11) is 0. The highest BCUT2D eigenvalue weighted by atomic mass is 15.2. The predicted octanol–water partition coefficient (Wildman–Crippen LogP) is 1.88. The van der Waals surface area contributed by atoms with E-state index in [2.05, 4.69) is 18.7 Å². The number of piperidine rings is 1. The molecule has 0 aromatic heterocycles. The molecule has 1 saturated heterocycles. The average Bonchev–Trinajstić information content (AvgIpc) is 2.62. The molecule has 0 N–H and O–H groups in total. The van der Waals surface area contributed by atoms with Gasteiger partial charge in [0.25, 0.3) is 0 Å². The van der Waals surface area contributed by atoms with Crippen LogP contribution in [0.15, 0.2) is 0 Å². The minimum atomic E-state index is 0.845. The summed E-state index contributed by atoms with van der Waals surface area (Å²) < 4.78 is 0. The molecular formula is C9H17N. The van der Waals surface area contributed by atoms with Gasteiger partial charge in [0.05, 0.1) is 0 Å². The molecule has 2 fully saturated rings. The van der Waals surface area contributed by atoms with Crippen molar-refractivity contribution in [2.24, 2.45) is 5.92 Å². The van der Waals surface area contributed by atoms with Gasteiger partial charge < -0.3 is 0 Å². The van der Waals surface area contributed by atoms with E-state index in [-0.39, 0.29) is 0 Å². The van der Waals surface area contributed by atoms with Crippen molar-refractivity contribution < 1.29 is 0 Å². The second kappa shape index (κ2) is 2.23. The molecule has 1 nitrogen and oxygen atoms in total. The van der Waals surface area contributed by atoms with Gasteiger partial charge >= 0.3 is 0 Å². The monoisotopic (exact) mass is 139 g/mol. The molecule has 58 valence electrons. The predicted molar refractivity (Wildman–Crippen MR) is 43.0 cm³/mol. The summed E-state index contributed by atoms with van der Waals surface area (Å²) in [6.45, 7) is 6.03. The normalized spacial score (nSPS) is 41.4. The molecule has 1 heteroatoms. The van der Waals surface area contributed by atoms with Gasteiger partial charge in [0.2, 0.25) is 0 Å². The van der Waals surface area contributed by atoms with Gasteiger partial charge in [0.1, 0.15) is 0 Å². The highest BCUT2D eigenvalue weighted by molar-refractivity contribution is 5.02. The van der Waals surface area contributed by atoms with Crippen molar-refractivity contribution in [1.82, 2.24) is 4.90 Å². The zero-order chi connectivity index (χ0) is 7.14. The topological polar surface area (TPSA) is 3.24 Å². The van der Waals surface area contributed by atoms with Crippen LogP contribution < -0.4 is 0 Å². The number of fused-ring (bicyclic) bond motifs is 1. The molecule has 1 aliphatic heterocycles. The Kier molecular flexibility index (Phi) is 1.48. The van der Waals surface area contributed by atoms with E-state index in [9.17, 15) is 0 Å². The SMILES string of the molecule is CCC(C)N1CCC2CC21. The van der Waals surface area contributed by atoms with E-state index in [4.69, 9.17) is 0 Å². The lowest BCUT2D eigenvalue weighted by molar-refractivity contribution is 0.222. The van der Waals surface area contributed by atoms with Crippen molar-refractivity contribution >= 4 is 0 Å². The summed E-state index contributed by atoms with van der Waals surface area (Å²) in [5.74, 6) is 1.11. The number of hydrogen-bond donors (Lipinski definition) is 0. The number of rotatable bonds is 2. The Balaban J connectivity index is 1.92. The number of hydrogen-bond acceptors (Lipinski definition) is 1. The van der Waals surface area contributed by atoms with Gasteiger partial charge in [-0.25, -0.2) is 0 Å². The van der Waals surface area contributed by atoms with Crippen LogP contribution in [0.25, 0.3) is 0 Å². The van der Waals surface area contributed by atoms with Gasteiger partial charge in [0, 0.05) is 12.1 Å². The van der Waals surface area contributed by atoms with Gasteiger partial charge in [-0.15, -0.1) is 0 Å². The van der Waals surface area contributed by atoms with Crippen LogP contribution in [0, 0.1) is 5.92 Å². The Morgan fingerprint density at radius 1 is 1.60 bits per heavy atom. The summed E-state index contributed by atoms with van der Waals surface area (Å²) >= 11 is 0. The van der Waals surface area contributed by atoms with Gasteiger partial charge in [-0.05, 0) is 38.6 Å². The van der Waals surface area contributed by atoms with Crippen LogP contribution in [0.5, 0.6) is 0 Å². The van der Waals surface area contributed by atoms with Crippen LogP contribution in [0.2, 0.25) is 0 Å². The Hall–Kier alpha value is -0.0400. The molecule has 1 heterocycles. The van der Waals surface area contributed by atoms with Crippen molar-refractivity contribution in [1.29, 1.82) is 0 Å². The third-order valence-electron chi connectivity index (χ3n) is 3.23. The van der Waals surface area contributed by atoms with E-state index in [1.165, 1.54) is 25.8 Å². The van der Waals surface area contributed by atoms with Gasteiger partial charge in [-0.2, -0.15) is 0 Å². The number of likely N-dealkylation sites (tertiary alicyclic amines) is 1. The van der Waals surface area contributed by atoms with Crippen LogP contribution in [0.1, 0.15) is 33.1 Å². The fraction of sp³-hybridized carbons (Fsp3) is 1.00. The van der Waals surface area contributed by atoms with E-state index in [1.54, 1.807) is 0 Å². The Morgan fingerprint density at radius 2 is 2.40 bits per heavy atom. The lowest BCUT2D eigenvalue weighted by atomic mass is 10.2. The third-order valence-corrected chi connectivity index (χ3v) is 3.23. The molecule has 0 aromatic rings. The lowest BCUT2D eigenvalue weighted by Gasteiger charge is -2.24. The fourth-order valence-corrected chi connectivity index (χ4v) is 2.21. The minimum absolute atomic E-state index is 0.845. The second-order valence-electron chi connectivity index (χ2n) is 3.85. The summed E-state index contributed by atoms with van der Waals surface area (Å²) in [5, 5.41) is 0. The van der Waals surface area contributed by atoms with Crippen LogP contribution in [0.3, 0.4) is 0 Å². The molecule has 1 saturated carbocycles. The smallest absolute Gasteiger partial charge is 0.0131 e. The molecule has 1 aliphatic carbocycles. The molecule has 3 unspecified atom stereocenters. The van der Waals surface area contributed by atoms with E-state index >= 15 is 0 Å². The molecule has 2 aliphatic rings. The van der Waals surface area contributed by atoms with Crippen LogP contribution >= 0.6 is 0 Å². The third kappa shape index (κ3) is 0.878. The highest BCUT2D eigenvalue weighted by Gasteiger charge is 2.47. The maximum Gasteiger partial charge on any atom is 0.0131 e. The Labute approximate surface area is 63.4 Å². The maximum atomic E-state index is 2.70. The maximum absolute atomic E-state index is 2.70. The second-order valence-corrected chi connectivity index (χ2v) is 3.85. The van der Waals surface area contributed by atoms with Crippen LogP contribution in [-0.4, -0.2) is 23.5 Å². The molecule has 3 atom stereocenters. The van der Waals surface area contributed by atoms with Crippen molar-refractivity contribution in [3.63, 3.8) is 0 Å². The van der Waals surface area contributed by atoms with E-state index in [0.29, 0.717) is 0 Å². The van der Waals surface area contributed by atoms with E-state index in [1.807, 2.05) is 0 Å². The van der Waals surface area contributed by atoms with Crippen molar-refractivity contribution in [2.45, 2.75) is 45.2 Å². The van der Waals surface area contributed by atoms with Crippen molar-refractivity contribution in [3.8, 4) is 0 Å². The summed E-state index contributed by atoms with van der Waals surface area (Å²) in [6.07, 6.45) is 4.31. The molecule has 10 heavy (non-hydrogen) atoms. The first kappa shape index (κ1) is 6.66. The molecule has 2 rings (SSSR count). The zero-order valence-electron chi connectivity index (χ0n) is 7.01. The van der Waals surface area contributed by atoms with Crippen molar-refractivity contribution in [3.05, 3.63) is 0 Å². The zero-order valence-corrected chi connectivity index (χ0v) is 7.01. The lowest BCUT2D eigenvalue weighted by Crippen LogP contribution is -2.32. The summed E-state index contributed by atoms with van der Waals surface area (Å²) in [4.78, 5) is 2.70. The van der Waals surface area contributed by atoms with Gasteiger partial charge in [-0.1, -0.05) is 6.92 Å². The number of nitrogens with zero attached hydrogens (tertiary/aromatic N) is 1. The molecule has 0 spiro atoms. The summed E-state index contributed by atoms with van der Waals surface area (Å²) in [5.41, 5.74) is 0. The highest BCUT2D eigenvalue weighted by Crippen LogP contribution is 2.45. The average molecular weight is 139 g/mol. The van der Waals surface area contributed by atoms with E-state index in [0.717, 1.165) is 18.0 Å². The van der Waals surface area contributed by atoms with Crippen LogP contribution in [0.4, 0.5) is 0 Å². The van der Waals surface area contributed by atoms with Crippen molar-refractivity contribution in [2.75, 3.05) is 6.54 Å². The first-order chi connectivity index (χ1) is 4.83. The standard InChI is InChI=1S/C9H17N/c1-3-7(2)10-5-4-8-6-9(8)10/h7-9H,3-6H2,1-2H3. The molecule has 0 aromatic carbocycles. The quantitative estimate of drug-likeness (QED) is 0.564. The molecule has 0 amide bonds. The molecule has 0 bridgehead atoms. The first-order valence-corrected chi connectivity index (χ1v) is 4.58. The largest absolute Gasteiger partial charge is 0.297 e. The van der Waals surface area contributed by atoms with Crippen LogP contribution in [-0.2, 0) is 0 Å². The van der Waals surface area contributed by atoms with Gasteiger partial charge in [-0.3, -0.25) is 4.90 Å². The minimum Gasteiger partial charge on any atom is -0.297 e. The molecular weight excluding hydrogens is 122 g/mol. The van der Waals surface area contributed by atoms with E-state index < -0.39 is 0 Å². The fourth-order valence-electron chi connectivity index (χ4n) is 2.21. The summed E-state index contributed by atoms with van der Waals surface area (Å²) in [6, 6.07) is 1.85. The Bertz CT molecular complexity index is 133. The van der Waals surface area contributed by atoms with Gasteiger partial charge in [0.15, 0.2) is 0 Å². The first-order valence-electron chi connectivity index (χ1n) is 4.58. The molecule has 0 radical (unpaired) electrons. The Morgan fingerprint density at radius 3 is 2.80 bits per heavy atom.